The van der Waals surface area contributed by atoms with Crippen LogP contribution in [-0.4, -0.2) is 28.3 Å². The minimum absolute atomic E-state index is 0.0575. The largest absolute Gasteiger partial charge is 0.506 e. The van der Waals surface area contributed by atoms with Crippen LogP contribution >= 0.6 is 0 Å². The van der Waals surface area contributed by atoms with E-state index in [1.54, 1.807) is 13.0 Å². The molecule has 1 rings (SSSR count). The summed E-state index contributed by atoms with van der Waals surface area (Å²) in [4.78, 5) is 22.1. The molecule has 0 saturated carbocycles. The van der Waals surface area contributed by atoms with Gasteiger partial charge in [0, 0.05) is 6.04 Å². The Bertz CT molecular complexity index is 485. The number of carboxylic acids is 1. The maximum absolute atomic E-state index is 11.5. The van der Waals surface area contributed by atoms with Crippen molar-refractivity contribution in [3.05, 3.63) is 36.4 Å². The van der Waals surface area contributed by atoms with Crippen LogP contribution in [0.25, 0.3) is 0 Å². The molecule has 0 heterocycles. The standard InChI is InChI=1S/C12H14N2O4/c1-3-7(2)13-12(18)14-9-5-4-8(11(16)17)6-10(9)15/h3-7,15H,1H2,2H3,(H,16,17)(H2,13,14,18). The Morgan fingerprint density at radius 1 is 1.44 bits per heavy atom. The molecule has 0 aromatic heterocycles. The third-order valence-corrected chi connectivity index (χ3v) is 2.21. The van der Waals surface area contributed by atoms with Crippen molar-refractivity contribution in [1.29, 1.82) is 0 Å². The predicted octanol–water partition coefficient (Wildman–Crippen LogP) is 1.79. The van der Waals surface area contributed by atoms with Crippen LogP contribution < -0.4 is 10.6 Å². The zero-order valence-corrected chi connectivity index (χ0v) is 9.80. The Kier molecular flexibility index (Phi) is 4.31. The molecule has 4 N–H and O–H groups in total. The molecule has 0 radical (unpaired) electrons. The summed E-state index contributed by atoms with van der Waals surface area (Å²) in [6, 6.07) is 2.94. The van der Waals surface area contributed by atoms with Crippen LogP contribution in [0.1, 0.15) is 17.3 Å². The molecule has 0 fully saturated rings. The van der Waals surface area contributed by atoms with Gasteiger partial charge in [0.2, 0.25) is 0 Å². The highest BCUT2D eigenvalue weighted by atomic mass is 16.4. The lowest BCUT2D eigenvalue weighted by atomic mass is 10.2. The van der Waals surface area contributed by atoms with Crippen LogP contribution in [-0.2, 0) is 0 Å². The van der Waals surface area contributed by atoms with Gasteiger partial charge in [0.05, 0.1) is 11.3 Å². The number of amides is 2. The zero-order chi connectivity index (χ0) is 13.7. The molecule has 0 aliphatic heterocycles. The number of urea groups is 1. The number of rotatable bonds is 4. The van der Waals surface area contributed by atoms with E-state index in [9.17, 15) is 14.7 Å². The second-order valence-electron chi connectivity index (χ2n) is 3.66. The Morgan fingerprint density at radius 2 is 2.11 bits per heavy atom. The van der Waals surface area contributed by atoms with E-state index in [0.717, 1.165) is 6.07 Å². The smallest absolute Gasteiger partial charge is 0.335 e. The average molecular weight is 250 g/mol. The fourth-order valence-corrected chi connectivity index (χ4v) is 1.19. The van der Waals surface area contributed by atoms with Gasteiger partial charge in [-0.05, 0) is 25.1 Å². The van der Waals surface area contributed by atoms with E-state index >= 15 is 0 Å². The number of benzene rings is 1. The number of hydrogen-bond donors (Lipinski definition) is 4. The second-order valence-corrected chi connectivity index (χ2v) is 3.66. The van der Waals surface area contributed by atoms with E-state index in [1.165, 1.54) is 12.1 Å². The Balaban J connectivity index is 2.76. The monoisotopic (exact) mass is 250 g/mol. The van der Waals surface area contributed by atoms with Gasteiger partial charge < -0.3 is 20.8 Å². The van der Waals surface area contributed by atoms with Gasteiger partial charge in [-0.2, -0.15) is 0 Å². The highest BCUT2D eigenvalue weighted by molar-refractivity contribution is 5.93. The van der Waals surface area contributed by atoms with E-state index in [0.29, 0.717) is 0 Å². The van der Waals surface area contributed by atoms with Gasteiger partial charge in [-0.3, -0.25) is 0 Å². The number of carbonyl (C=O) groups excluding carboxylic acids is 1. The van der Waals surface area contributed by atoms with Crippen molar-refractivity contribution in [2.75, 3.05) is 5.32 Å². The third kappa shape index (κ3) is 3.51. The molecular weight excluding hydrogens is 236 g/mol. The quantitative estimate of drug-likeness (QED) is 0.483. The average Bonchev–Trinajstić information content (AvgIpc) is 2.31. The van der Waals surface area contributed by atoms with E-state index in [-0.39, 0.29) is 23.0 Å². The van der Waals surface area contributed by atoms with Gasteiger partial charge in [0.15, 0.2) is 0 Å². The summed E-state index contributed by atoms with van der Waals surface area (Å²) in [6.07, 6.45) is 1.55. The van der Waals surface area contributed by atoms with Crippen molar-refractivity contribution in [1.82, 2.24) is 5.32 Å². The first-order valence-corrected chi connectivity index (χ1v) is 5.20. The Morgan fingerprint density at radius 3 is 2.61 bits per heavy atom. The minimum Gasteiger partial charge on any atom is -0.506 e. The molecule has 0 spiro atoms. The van der Waals surface area contributed by atoms with Crippen molar-refractivity contribution < 1.29 is 19.8 Å². The number of nitrogens with one attached hydrogen (secondary N) is 2. The molecule has 0 bridgehead atoms. The van der Waals surface area contributed by atoms with E-state index < -0.39 is 12.0 Å². The topological polar surface area (TPSA) is 98.7 Å². The van der Waals surface area contributed by atoms with Crippen molar-refractivity contribution in [2.45, 2.75) is 13.0 Å². The summed E-state index contributed by atoms with van der Waals surface area (Å²) in [7, 11) is 0. The second kappa shape index (κ2) is 5.72. The number of carboxylic acid groups (broad SMARTS) is 1. The fourth-order valence-electron chi connectivity index (χ4n) is 1.19. The van der Waals surface area contributed by atoms with Crippen molar-refractivity contribution >= 4 is 17.7 Å². The molecule has 1 aromatic carbocycles. The van der Waals surface area contributed by atoms with Gasteiger partial charge >= 0.3 is 12.0 Å². The van der Waals surface area contributed by atoms with Gasteiger partial charge in [0.1, 0.15) is 5.75 Å². The predicted molar refractivity (Wildman–Crippen MR) is 66.9 cm³/mol. The van der Waals surface area contributed by atoms with Crippen molar-refractivity contribution in [2.24, 2.45) is 0 Å². The normalized spacial score (nSPS) is 11.4. The highest BCUT2D eigenvalue weighted by Crippen LogP contribution is 2.24. The lowest BCUT2D eigenvalue weighted by Gasteiger charge is -2.12. The first-order chi connectivity index (χ1) is 8.43. The summed E-state index contributed by atoms with van der Waals surface area (Å²) in [5, 5.41) is 23.2. The molecule has 1 unspecified atom stereocenters. The number of phenolic OH excluding ortho intramolecular Hbond substituents is 1. The molecule has 6 heteroatoms. The summed E-state index contributed by atoms with van der Waals surface area (Å²) >= 11 is 0. The summed E-state index contributed by atoms with van der Waals surface area (Å²) < 4.78 is 0. The molecule has 1 atom stereocenters. The van der Waals surface area contributed by atoms with Crippen molar-refractivity contribution in [3.8, 4) is 5.75 Å². The van der Waals surface area contributed by atoms with Gasteiger partial charge in [-0.1, -0.05) is 6.08 Å². The molecule has 6 nitrogen and oxygen atoms in total. The van der Waals surface area contributed by atoms with Crippen LogP contribution in [0.2, 0.25) is 0 Å². The summed E-state index contributed by atoms with van der Waals surface area (Å²) in [5.74, 6) is -1.46. The number of aromatic carboxylic acids is 1. The lowest BCUT2D eigenvalue weighted by Crippen LogP contribution is -2.34. The summed E-state index contributed by atoms with van der Waals surface area (Å²) in [5.41, 5.74) is 0.0756. The molecule has 2 amide bonds. The van der Waals surface area contributed by atoms with E-state index in [1.807, 2.05) is 0 Å². The van der Waals surface area contributed by atoms with Crippen LogP contribution in [0, 0.1) is 0 Å². The molecule has 96 valence electrons. The first kappa shape index (κ1) is 13.6. The number of anilines is 1. The number of carbonyl (C=O) groups is 2. The number of hydrogen-bond acceptors (Lipinski definition) is 3. The zero-order valence-electron chi connectivity index (χ0n) is 9.80. The Hall–Kier alpha value is -2.50. The van der Waals surface area contributed by atoms with Gasteiger partial charge in [0.25, 0.3) is 0 Å². The van der Waals surface area contributed by atoms with E-state index in [2.05, 4.69) is 17.2 Å². The molecule has 0 aliphatic carbocycles. The van der Waals surface area contributed by atoms with Crippen LogP contribution in [0.5, 0.6) is 5.75 Å². The Labute approximate surface area is 104 Å². The molecule has 1 aromatic rings. The van der Waals surface area contributed by atoms with Crippen LogP contribution in [0.15, 0.2) is 30.9 Å². The van der Waals surface area contributed by atoms with Crippen LogP contribution in [0.3, 0.4) is 0 Å². The van der Waals surface area contributed by atoms with Crippen LogP contribution in [0.4, 0.5) is 10.5 Å². The summed E-state index contributed by atoms with van der Waals surface area (Å²) in [6.45, 7) is 5.25. The molecular formula is C12H14N2O4. The lowest BCUT2D eigenvalue weighted by molar-refractivity contribution is 0.0696. The SMILES string of the molecule is C=CC(C)NC(=O)Nc1ccc(C(=O)O)cc1O. The molecule has 18 heavy (non-hydrogen) atoms. The fraction of sp³-hybridized carbons (Fsp3) is 0.167. The van der Waals surface area contributed by atoms with Gasteiger partial charge in [-0.25, -0.2) is 9.59 Å². The minimum atomic E-state index is -1.15. The highest BCUT2D eigenvalue weighted by Gasteiger charge is 2.10. The van der Waals surface area contributed by atoms with E-state index in [4.69, 9.17) is 5.11 Å². The van der Waals surface area contributed by atoms with Gasteiger partial charge in [-0.15, -0.1) is 6.58 Å². The number of phenols is 1. The number of aromatic hydroxyl groups is 1. The third-order valence-electron chi connectivity index (χ3n) is 2.21. The molecule has 0 aliphatic rings. The maximum Gasteiger partial charge on any atom is 0.335 e. The first-order valence-electron chi connectivity index (χ1n) is 5.20. The maximum atomic E-state index is 11.5. The van der Waals surface area contributed by atoms with Crippen molar-refractivity contribution in [3.63, 3.8) is 0 Å². The molecule has 0 saturated heterocycles.